The van der Waals surface area contributed by atoms with E-state index in [0.717, 1.165) is 28.1 Å². The molecule has 3 aromatic rings. The van der Waals surface area contributed by atoms with Gasteiger partial charge in [-0.3, -0.25) is 0 Å². The van der Waals surface area contributed by atoms with Gasteiger partial charge in [0.25, 0.3) is 0 Å². The average Bonchev–Trinajstić information content (AvgIpc) is 2.66. The van der Waals surface area contributed by atoms with Crippen molar-refractivity contribution in [3.8, 4) is 22.6 Å². The third-order valence-corrected chi connectivity index (χ3v) is 3.89. The number of aromatic nitrogens is 2. The van der Waals surface area contributed by atoms with E-state index in [-0.39, 0.29) is 0 Å². The first kappa shape index (κ1) is 16.6. The highest BCUT2D eigenvalue weighted by molar-refractivity contribution is 5.77. The summed E-state index contributed by atoms with van der Waals surface area (Å²) < 4.78 is 0. The predicted octanol–water partition coefficient (Wildman–Crippen LogP) is 5.87. The third-order valence-electron chi connectivity index (χ3n) is 3.89. The fraction of sp³-hybridized carbons (Fsp3) is 0.0435. The van der Waals surface area contributed by atoms with Crippen LogP contribution in [-0.4, -0.2) is 9.97 Å². The maximum atomic E-state index is 4.79. The van der Waals surface area contributed by atoms with E-state index in [9.17, 15) is 0 Å². The molecule has 122 valence electrons. The molecule has 0 spiro atoms. The first-order valence-electron chi connectivity index (χ1n) is 8.18. The van der Waals surface area contributed by atoms with E-state index >= 15 is 0 Å². The summed E-state index contributed by atoms with van der Waals surface area (Å²) in [5.41, 5.74) is 5.90. The van der Waals surface area contributed by atoms with Crippen molar-refractivity contribution >= 4 is 5.57 Å². The Balaban J connectivity index is 2.23. The van der Waals surface area contributed by atoms with Crippen LogP contribution < -0.4 is 0 Å². The van der Waals surface area contributed by atoms with Crippen LogP contribution in [0.15, 0.2) is 92.0 Å². The summed E-state index contributed by atoms with van der Waals surface area (Å²) in [6, 6.07) is 20.3. The van der Waals surface area contributed by atoms with Crippen molar-refractivity contribution in [3.63, 3.8) is 0 Å². The Morgan fingerprint density at radius 1 is 0.880 bits per heavy atom. The molecule has 0 aliphatic rings. The quantitative estimate of drug-likeness (QED) is 0.548. The molecule has 0 saturated carbocycles. The SMILES string of the molecule is C=C/C=C(\C=C)c1cc(-c2cccc(C)c2)nc(-c2ccccc2)n1. The van der Waals surface area contributed by atoms with Gasteiger partial charge in [-0.15, -0.1) is 0 Å². The Morgan fingerprint density at radius 3 is 2.32 bits per heavy atom. The summed E-state index contributed by atoms with van der Waals surface area (Å²) in [5, 5.41) is 0. The molecule has 2 heteroatoms. The Morgan fingerprint density at radius 2 is 1.64 bits per heavy atom. The molecule has 25 heavy (non-hydrogen) atoms. The predicted molar refractivity (Wildman–Crippen MR) is 106 cm³/mol. The fourth-order valence-electron chi connectivity index (χ4n) is 2.65. The summed E-state index contributed by atoms with van der Waals surface area (Å²) in [4.78, 5) is 9.54. The normalized spacial score (nSPS) is 11.2. The van der Waals surface area contributed by atoms with Crippen molar-refractivity contribution in [3.05, 3.63) is 103 Å². The van der Waals surface area contributed by atoms with Crippen LogP contribution in [0.2, 0.25) is 0 Å². The molecule has 0 amide bonds. The van der Waals surface area contributed by atoms with Crippen LogP contribution in [0.5, 0.6) is 0 Å². The number of rotatable bonds is 5. The standard InChI is InChI=1S/C23H20N2/c1-4-10-18(5-2)21-16-22(20-14-9-11-17(3)15-20)25-23(24-21)19-12-7-6-8-13-19/h4-16H,1-2H2,3H3/b18-10+. The third kappa shape index (κ3) is 3.81. The van der Waals surface area contributed by atoms with Crippen LogP contribution in [0.3, 0.4) is 0 Å². The lowest BCUT2D eigenvalue weighted by Crippen LogP contribution is -1.97. The van der Waals surface area contributed by atoms with Gasteiger partial charge in [-0.25, -0.2) is 9.97 Å². The summed E-state index contributed by atoms with van der Waals surface area (Å²) in [6.45, 7) is 9.76. The molecule has 0 radical (unpaired) electrons. The van der Waals surface area contributed by atoms with E-state index in [0.29, 0.717) is 5.82 Å². The van der Waals surface area contributed by atoms with Crippen LogP contribution in [-0.2, 0) is 0 Å². The molecule has 0 bridgehead atoms. The van der Waals surface area contributed by atoms with Crippen LogP contribution in [0, 0.1) is 6.92 Å². The summed E-state index contributed by atoms with van der Waals surface area (Å²) in [7, 11) is 0. The van der Waals surface area contributed by atoms with Gasteiger partial charge in [0.15, 0.2) is 5.82 Å². The van der Waals surface area contributed by atoms with Crippen LogP contribution in [0.4, 0.5) is 0 Å². The fourth-order valence-corrected chi connectivity index (χ4v) is 2.65. The number of hydrogen-bond donors (Lipinski definition) is 0. The molecule has 0 aliphatic carbocycles. The largest absolute Gasteiger partial charge is 0.228 e. The molecule has 0 saturated heterocycles. The second-order valence-electron chi connectivity index (χ2n) is 5.76. The highest BCUT2D eigenvalue weighted by Gasteiger charge is 2.10. The van der Waals surface area contributed by atoms with E-state index < -0.39 is 0 Å². The summed E-state index contributed by atoms with van der Waals surface area (Å²) in [6.07, 6.45) is 5.44. The van der Waals surface area contributed by atoms with Gasteiger partial charge in [-0.1, -0.05) is 85.5 Å². The van der Waals surface area contributed by atoms with Crippen molar-refractivity contribution in [1.29, 1.82) is 0 Å². The van der Waals surface area contributed by atoms with Crippen molar-refractivity contribution in [2.24, 2.45) is 0 Å². The zero-order valence-corrected chi connectivity index (χ0v) is 14.3. The highest BCUT2D eigenvalue weighted by Crippen LogP contribution is 2.26. The summed E-state index contributed by atoms with van der Waals surface area (Å²) >= 11 is 0. The van der Waals surface area contributed by atoms with Crippen LogP contribution >= 0.6 is 0 Å². The zero-order chi connectivity index (χ0) is 17.6. The molecular weight excluding hydrogens is 304 g/mol. The molecular formula is C23H20N2. The van der Waals surface area contributed by atoms with Gasteiger partial charge in [0.1, 0.15) is 0 Å². The van der Waals surface area contributed by atoms with Gasteiger partial charge in [0, 0.05) is 11.1 Å². The molecule has 1 aromatic heterocycles. The summed E-state index contributed by atoms with van der Waals surface area (Å²) in [5.74, 6) is 0.700. The Bertz CT molecular complexity index is 937. The topological polar surface area (TPSA) is 25.8 Å². The van der Waals surface area contributed by atoms with Crippen molar-refractivity contribution in [2.45, 2.75) is 6.92 Å². The lowest BCUT2D eigenvalue weighted by Gasteiger charge is -2.10. The number of nitrogens with zero attached hydrogens (tertiary/aromatic N) is 2. The molecule has 2 nitrogen and oxygen atoms in total. The van der Waals surface area contributed by atoms with Crippen molar-refractivity contribution < 1.29 is 0 Å². The minimum Gasteiger partial charge on any atom is -0.228 e. The first-order valence-corrected chi connectivity index (χ1v) is 8.18. The number of aryl methyl sites for hydroxylation is 1. The van der Waals surface area contributed by atoms with Crippen LogP contribution in [0.25, 0.3) is 28.2 Å². The molecule has 1 heterocycles. The number of benzene rings is 2. The van der Waals surface area contributed by atoms with Crippen molar-refractivity contribution in [2.75, 3.05) is 0 Å². The van der Waals surface area contributed by atoms with Gasteiger partial charge in [0.05, 0.1) is 11.4 Å². The Labute approximate surface area is 148 Å². The molecule has 2 aromatic carbocycles. The Hall–Kier alpha value is -3.26. The average molecular weight is 324 g/mol. The van der Waals surface area contributed by atoms with Gasteiger partial charge in [0.2, 0.25) is 0 Å². The maximum absolute atomic E-state index is 4.79. The van der Waals surface area contributed by atoms with Gasteiger partial charge in [-0.2, -0.15) is 0 Å². The van der Waals surface area contributed by atoms with E-state index in [1.807, 2.05) is 48.5 Å². The minimum absolute atomic E-state index is 0.700. The number of allylic oxidation sites excluding steroid dienone is 4. The highest BCUT2D eigenvalue weighted by atomic mass is 14.9. The molecule has 0 aliphatic heterocycles. The van der Waals surface area contributed by atoms with Crippen molar-refractivity contribution in [1.82, 2.24) is 9.97 Å². The lowest BCUT2D eigenvalue weighted by atomic mass is 10.0. The van der Waals surface area contributed by atoms with E-state index in [4.69, 9.17) is 9.97 Å². The Kier molecular flexibility index (Phi) is 5.00. The van der Waals surface area contributed by atoms with Gasteiger partial charge in [-0.05, 0) is 24.6 Å². The second-order valence-corrected chi connectivity index (χ2v) is 5.76. The molecule has 0 atom stereocenters. The van der Waals surface area contributed by atoms with Gasteiger partial charge >= 0.3 is 0 Å². The molecule has 0 N–H and O–H groups in total. The number of hydrogen-bond acceptors (Lipinski definition) is 2. The van der Waals surface area contributed by atoms with Gasteiger partial charge < -0.3 is 0 Å². The molecule has 3 rings (SSSR count). The first-order chi connectivity index (χ1) is 12.2. The van der Waals surface area contributed by atoms with E-state index in [1.54, 1.807) is 12.2 Å². The smallest absolute Gasteiger partial charge is 0.160 e. The maximum Gasteiger partial charge on any atom is 0.160 e. The van der Waals surface area contributed by atoms with E-state index in [2.05, 4.69) is 38.3 Å². The molecule has 0 unspecified atom stereocenters. The zero-order valence-electron chi connectivity index (χ0n) is 14.3. The minimum atomic E-state index is 0.700. The van der Waals surface area contributed by atoms with E-state index in [1.165, 1.54) is 5.56 Å². The second kappa shape index (κ2) is 7.54. The van der Waals surface area contributed by atoms with Crippen LogP contribution in [0.1, 0.15) is 11.3 Å². The monoisotopic (exact) mass is 324 g/mol. The molecule has 0 fully saturated rings. The lowest BCUT2D eigenvalue weighted by molar-refractivity contribution is 1.16.